The van der Waals surface area contributed by atoms with E-state index in [1.54, 1.807) is 18.2 Å². The van der Waals surface area contributed by atoms with Gasteiger partial charge in [-0.05, 0) is 72.0 Å². The Hall–Kier alpha value is -3.99. The molecule has 0 saturated carbocycles. The van der Waals surface area contributed by atoms with E-state index >= 15 is 0 Å². The fourth-order valence-electron chi connectivity index (χ4n) is 4.50. The first-order valence-electron chi connectivity index (χ1n) is 12.5. The van der Waals surface area contributed by atoms with Crippen molar-refractivity contribution in [3.8, 4) is 11.3 Å². The lowest BCUT2D eigenvalue weighted by Crippen LogP contribution is -2.27. The van der Waals surface area contributed by atoms with Crippen molar-refractivity contribution in [3.05, 3.63) is 59.7 Å². The number of likely N-dealkylation sites (tertiary alicyclic amines) is 1. The normalized spacial score (nSPS) is 13.1. The van der Waals surface area contributed by atoms with E-state index in [0.717, 1.165) is 32.1 Å². The van der Waals surface area contributed by atoms with Crippen molar-refractivity contribution in [2.45, 2.75) is 39.7 Å². The first-order valence-corrected chi connectivity index (χ1v) is 12.5. The second kappa shape index (κ2) is 11.6. The predicted octanol–water partition coefficient (Wildman–Crippen LogP) is 4.87. The molecule has 5 rings (SSSR count). The fraction of sp³-hybridized carbons (Fsp3) is 0.370. The number of nitrogens with one attached hydrogen (secondary N) is 2. The van der Waals surface area contributed by atoms with E-state index < -0.39 is 11.6 Å². The minimum atomic E-state index is -0.679. The van der Waals surface area contributed by atoms with Crippen LogP contribution in [0, 0.1) is 18.6 Å². The number of fused-ring (bicyclic) bond motifs is 1. The molecule has 1 fully saturated rings. The Kier molecular flexibility index (Phi) is 8.26. The van der Waals surface area contributed by atoms with E-state index in [2.05, 4.69) is 30.6 Å². The van der Waals surface area contributed by atoms with E-state index in [1.807, 2.05) is 44.3 Å². The van der Waals surface area contributed by atoms with E-state index in [9.17, 15) is 13.6 Å². The maximum absolute atomic E-state index is 14.9. The molecular formula is C27H32F2N8O. The van der Waals surface area contributed by atoms with Gasteiger partial charge < -0.3 is 20.1 Å². The van der Waals surface area contributed by atoms with Gasteiger partial charge in [-0.25, -0.2) is 28.7 Å². The van der Waals surface area contributed by atoms with Gasteiger partial charge in [0, 0.05) is 30.9 Å². The number of benzene rings is 1. The number of carbonyl (C=O) groups is 1. The summed E-state index contributed by atoms with van der Waals surface area (Å²) in [5.41, 5.74) is 1.54. The SMILES string of the molecule is CNC.Cc1nc2c(F)cc(-c3nc(Nc4ccc(C(=O)N5CCCC5)cn4)ncc3F)cc2n1C(C)C. The van der Waals surface area contributed by atoms with E-state index in [0.29, 0.717) is 22.7 Å². The molecule has 1 saturated heterocycles. The largest absolute Gasteiger partial charge is 0.339 e. The van der Waals surface area contributed by atoms with E-state index in [4.69, 9.17) is 0 Å². The molecule has 11 heteroatoms. The molecule has 1 aliphatic rings. The average Bonchev–Trinajstić information content (AvgIpc) is 3.54. The third-order valence-electron chi connectivity index (χ3n) is 6.10. The fourth-order valence-corrected chi connectivity index (χ4v) is 4.50. The highest BCUT2D eigenvalue weighted by Crippen LogP contribution is 2.30. The lowest BCUT2D eigenvalue weighted by Gasteiger charge is -2.15. The van der Waals surface area contributed by atoms with Crippen LogP contribution in [0.5, 0.6) is 0 Å². The molecule has 0 bridgehead atoms. The molecule has 0 spiro atoms. The molecule has 0 aliphatic carbocycles. The predicted molar refractivity (Wildman–Crippen MR) is 143 cm³/mol. The van der Waals surface area contributed by atoms with Crippen molar-refractivity contribution in [2.75, 3.05) is 32.5 Å². The maximum Gasteiger partial charge on any atom is 0.255 e. The smallest absolute Gasteiger partial charge is 0.255 e. The zero-order valence-corrected chi connectivity index (χ0v) is 22.2. The van der Waals surface area contributed by atoms with E-state index in [-0.39, 0.29) is 34.7 Å². The Morgan fingerprint density at radius 1 is 1.00 bits per heavy atom. The van der Waals surface area contributed by atoms with Gasteiger partial charge in [0.25, 0.3) is 5.91 Å². The minimum Gasteiger partial charge on any atom is -0.339 e. The summed E-state index contributed by atoms with van der Waals surface area (Å²) in [6.45, 7) is 7.28. The molecule has 1 aliphatic heterocycles. The monoisotopic (exact) mass is 522 g/mol. The van der Waals surface area contributed by atoms with Crippen LogP contribution in [0.1, 0.15) is 48.9 Å². The van der Waals surface area contributed by atoms with Gasteiger partial charge in [-0.1, -0.05) is 0 Å². The zero-order valence-electron chi connectivity index (χ0n) is 22.2. The summed E-state index contributed by atoms with van der Waals surface area (Å²) in [7, 11) is 3.75. The Balaban J connectivity index is 0.00000107. The highest BCUT2D eigenvalue weighted by Gasteiger charge is 2.20. The van der Waals surface area contributed by atoms with Gasteiger partial charge >= 0.3 is 0 Å². The minimum absolute atomic E-state index is 0.0432. The molecule has 200 valence electrons. The van der Waals surface area contributed by atoms with Crippen molar-refractivity contribution in [2.24, 2.45) is 0 Å². The van der Waals surface area contributed by atoms with Crippen LogP contribution in [0.2, 0.25) is 0 Å². The lowest BCUT2D eigenvalue weighted by atomic mass is 10.1. The third-order valence-corrected chi connectivity index (χ3v) is 6.10. The number of halogens is 2. The quantitative estimate of drug-likeness (QED) is 0.386. The topological polar surface area (TPSA) is 101 Å². The highest BCUT2D eigenvalue weighted by atomic mass is 19.1. The van der Waals surface area contributed by atoms with Crippen molar-refractivity contribution in [1.29, 1.82) is 0 Å². The molecule has 1 aromatic carbocycles. The van der Waals surface area contributed by atoms with Gasteiger partial charge in [-0.15, -0.1) is 0 Å². The lowest BCUT2D eigenvalue weighted by molar-refractivity contribution is 0.0792. The van der Waals surface area contributed by atoms with Gasteiger partial charge in [0.2, 0.25) is 5.95 Å². The number of pyridine rings is 1. The molecule has 0 radical (unpaired) electrons. The van der Waals surface area contributed by atoms with Crippen molar-refractivity contribution < 1.29 is 13.6 Å². The van der Waals surface area contributed by atoms with Crippen LogP contribution in [0.3, 0.4) is 0 Å². The number of nitrogens with zero attached hydrogens (tertiary/aromatic N) is 6. The number of carbonyl (C=O) groups excluding carboxylic acids is 1. The second-order valence-corrected chi connectivity index (χ2v) is 9.40. The highest BCUT2D eigenvalue weighted by molar-refractivity contribution is 5.94. The Bertz CT molecular complexity index is 1430. The Morgan fingerprint density at radius 3 is 2.34 bits per heavy atom. The summed E-state index contributed by atoms with van der Waals surface area (Å²) < 4.78 is 31.5. The van der Waals surface area contributed by atoms with Crippen LogP contribution in [0.15, 0.2) is 36.7 Å². The number of hydrogen-bond acceptors (Lipinski definition) is 7. The van der Waals surface area contributed by atoms with Crippen LogP contribution in [-0.4, -0.2) is 62.5 Å². The number of hydrogen-bond donors (Lipinski definition) is 2. The molecule has 3 aromatic heterocycles. The van der Waals surface area contributed by atoms with Gasteiger partial charge in [0.1, 0.15) is 22.9 Å². The first-order chi connectivity index (χ1) is 18.2. The number of aryl methyl sites for hydroxylation is 1. The Morgan fingerprint density at radius 2 is 1.71 bits per heavy atom. The summed E-state index contributed by atoms with van der Waals surface area (Å²) in [6.07, 6.45) is 4.55. The molecule has 4 aromatic rings. The number of anilines is 2. The van der Waals surface area contributed by atoms with Gasteiger partial charge in [-0.2, -0.15) is 0 Å². The maximum atomic E-state index is 14.9. The third kappa shape index (κ3) is 5.62. The summed E-state index contributed by atoms with van der Waals surface area (Å²) in [4.78, 5) is 31.2. The molecule has 38 heavy (non-hydrogen) atoms. The summed E-state index contributed by atoms with van der Waals surface area (Å²) in [6, 6.07) is 6.29. The molecule has 0 atom stereocenters. The molecule has 0 unspecified atom stereocenters. The van der Waals surface area contributed by atoms with Gasteiger partial charge in [0.05, 0.1) is 17.3 Å². The standard InChI is InChI=1S/C25H25F2N7O.C2H7N/c1-14(2)34-15(3)30-23-18(26)10-17(11-20(23)34)22-19(27)13-29-25(32-22)31-21-7-6-16(12-28-21)24(35)33-8-4-5-9-33;1-3-2/h6-7,10-14H,4-5,8-9H2,1-3H3,(H,28,29,31,32);3H,1-2H3. The summed E-state index contributed by atoms with van der Waals surface area (Å²) >= 11 is 0. The van der Waals surface area contributed by atoms with E-state index in [1.165, 1.54) is 12.3 Å². The zero-order chi connectivity index (χ0) is 27.4. The molecule has 9 nitrogen and oxygen atoms in total. The summed E-state index contributed by atoms with van der Waals surface area (Å²) in [5, 5.41) is 5.68. The number of amides is 1. The number of rotatable bonds is 5. The van der Waals surface area contributed by atoms with Crippen LogP contribution < -0.4 is 10.6 Å². The van der Waals surface area contributed by atoms with Crippen molar-refractivity contribution in [1.82, 2.24) is 34.7 Å². The molecule has 4 heterocycles. The molecule has 1 amide bonds. The van der Waals surface area contributed by atoms with Crippen LogP contribution in [0.25, 0.3) is 22.3 Å². The first kappa shape index (κ1) is 27.1. The van der Waals surface area contributed by atoms with Crippen LogP contribution in [0.4, 0.5) is 20.5 Å². The molecule has 2 N–H and O–H groups in total. The number of aromatic nitrogens is 5. The van der Waals surface area contributed by atoms with Gasteiger partial charge in [-0.3, -0.25) is 4.79 Å². The average molecular weight is 523 g/mol. The summed E-state index contributed by atoms with van der Waals surface area (Å²) in [5.74, 6) is -0.102. The Labute approximate surface area is 220 Å². The van der Waals surface area contributed by atoms with Crippen molar-refractivity contribution >= 4 is 28.7 Å². The van der Waals surface area contributed by atoms with Crippen molar-refractivity contribution in [3.63, 3.8) is 0 Å². The number of imidazole rings is 1. The van der Waals surface area contributed by atoms with Gasteiger partial charge in [0.15, 0.2) is 11.6 Å². The van der Waals surface area contributed by atoms with Crippen LogP contribution in [-0.2, 0) is 0 Å². The van der Waals surface area contributed by atoms with Crippen LogP contribution >= 0.6 is 0 Å². The molecular weight excluding hydrogens is 490 g/mol. The second-order valence-electron chi connectivity index (χ2n) is 9.40.